The molecule has 0 nitrogen and oxygen atoms in total. The van der Waals surface area contributed by atoms with Crippen LogP contribution in [-0.2, 0) is 35.1 Å². The van der Waals surface area contributed by atoms with Crippen molar-refractivity contribution in [2.75, 3.05) is 0 Å². The third-order valence-electron chi connectivity index (χ3n) is 6.48. The van der Waals surface area contributed by atoms with Gasteiger partial charge in [0, 0.05) is 0 Å². The van der Waals surface area contributed by atoms with Crippen LogP contribution in [0.15, 0.2) is 60.7 Å². The van der Waals surface area contributed by atoms with E-state index in [0.29, 0.717) is 0 Å². The van der Waals surface area contributed by atoms with Gasteiger partial charge in [-0.3, -0.25) is 6.08 Å². The van der Waals surface area contributed by atoms with Crippen LogP contribution in [0.3, 0.4) is 0 Å². The molecule has 0 aromatic heterocycles. The molecule has 0 spiro atoms. The molecular formula is C32H40Cl2Zr-2. The zero-order valence-electron chi connectivity index (χ0n) is 22.3. The van der Waals surface area contributed by atoms with Crippen LogP contribution in [0.5, 0.6) is 0 Å². The Kier molecular flexibility index (Phi) is 13.0. The van der Waals surface area contributed by atoms with Crippen molar-refractivity contribution < 1.29 is 49.0 Å². The van der Waals surface area contributed by atoms with Crippen molar-refractivity contribution in [3.05, 3.63) is 77.9 Å². The van der Waals surface area contributed by atoms with Gasteiger partial charge in [0.25, 0.3) is 0 Å². The zero-order chi connectivity index (χ0) is 24.1. The molecule has 3 aromatic rings. The minimum atomic E-state index is 0. The van der Waals surface area contributed by atoms with Gasteiger partial charge in [-0.25, -0.2) is 12.2 Å². The summed E-state index contributed by atoms with van der Waals surface area (Å²) in [7, 11) is 0. The van der Waals surface area contributed by atoms with Crippen molar-refractivity contribution in [3.8, 4) is 0 Å². The van der Waals surface area contributed by atoms with Crippen LogP contribution >= 0.6 is 0 Å². The molecule has 2 aliphatic carbocycles. The maximum atomic E-state index is 2.99. The second kappa shape index (κ2) is 14.2. The molecule has 0 N–H and O–H groups in total. The third kappa shape index (κ3) is 9.50. The van der Waals surface area contributed by atoms with Gasteiger partial charge in [0.1, 0.15) is 0 Å². The molecule has 0 radical (unpaired) electrons. The molecule has 0 heterocycles. The van der Waals surface area contributed by atoms with E-state index in [2.05, 4.69) is 96.2 Å². The van der Waals surface area contributed by atoms with Crippen LogP contribution in [0.25, 0.3) is 21.5 Å². The first-order valence-corrected chi connectivity index (χ1v) is 13.7. The Hall–Kier alpha value is -0.877. The summed E-state index contributed by atoms with van der Waals surface area (Å²) in [5, 5.41) is 5.48. The van der Waals surface area contributed by atoms with Crippen LogP contribution in [0.2, 0.25) is 0 Å². The van der Waals surface area contributed by atoms with E-state index in [1.165, 1.54) is 64.8 Å². The molecule has 2 aliphatic rings. The molecule has 3 aromatic carbocycles. The number of fused-ring (bicyclic) bond motifs is 3. The molecule has 188 valence electrons. The predicted molar refractivity (Wildman–Crippen MR) is 144 cm³/mol. The fourth-order valence-electron chi connectivity index (χ4n) is 4.27. The van der Waals surface area contributed by atoms with Crippen molar-refractivity contribution in [2.24, 2.45) is 0 Å². The average molecular weight is 587 g/mol. The Balaban J connectivity index is 0.000000360. The van der Waals surface area contributed by atoms with Crippen molar-refractivity contribution in [1.82, 2.24) is 0 Å². The molecule has 5 rings (SSSR count). The van der Waals surface area contributed by atoms with Crippen LogP contribution in [0.4, 0.5) is 0 Å². The Bertz CT molecular complexity index is 1060. The second-order valence-corrected chi connectivity index (χ2v) is 13.2. The summed E-state index contributed by atoms with van der Waals surface area (Å²) in [5.74, 6) is 0. The third-order valence-corrected chi connectivity index (χ3v) is 7.71. The van der Waals surface area contributed by atoms with E-state index < -0.39 is 0 Å². The fraction of sp³-hybridized carbons (Fsp3) is 0.438. The average Bonchev–Trinajstić information content (AvgIpc) is 3.44. The van der Waals surface area contributed by atoms with E-state index in [-0.39, 0.29) is 35.6 Å². The van der Waals surface area contributed by atoms with E-state index in [9.17, 15) is 0 Å². The summed E-state index contributed by atoms with van der Waals surface area (Å²) in [6.45, 7) is 13.6. The van der Waals surface area contributed by atoms with Gasteiger partial charge < -0.3 is 24.8 Å². The molecule has 0 atom stereocenters. The number of hydrogen-bond acceptors (Lipinski definition) is 0. The van der Waals surface area contributed by atoms with Crippen LogP contribution < -0.4 is 24.8 Å². The van der Waals surface area contributed by atoms with Gasteiger partial charge in [-0.1, -0.05) is 76.9 Å². The summed E-state index contributed by atoms with van der Waals surface area (Å²) in [6.07, 6.45) is 17.3. The van der Waals surface area contributed by atoms with Crippen molar-refractivity contribution in [1.29, 1.82) is 0 Å². The van der Waals surface area contributed by atoms with Crippen LogP contribution in [0.1, 0.15) is 91.2 Å². The van der Waals surface area contributed by atoms with E-state index in [1.54, 1.807) is 27.4 Å². The van der Waals surface area contributed by atoms with Gasteiger partial charge >= 0.3 is 59.5 Å². The standard InChI is InChI=1S/C21H25.C6H10.C5H5.2ClH.Zr/c1-20(2,3)16-7-9-18-14(12-16)11-15-13-17(21(4,5)6)8-10-19(15)18;1-2-4-6-5-3-1;1-2-4-5-3-1;;;/h7-13H,1-6H3;1-5H2;1-3H,4H2;2*1H;/q-1;;-1;;;+2/p-2. The molecule has 1 saturated carbocycles. The first kappa shape index (κ1) is 32.2. The molecule has 0 bridgehead atoms. The second-order valence-electron chi connectivity index (χ2n) is 11.4. The Morgan fingerprint density at radius 3 is 1.51 bits per heavy atom. The van der Waals surface area contributed by atoms with Crippen molar-refractivity contribution in [2.45, 2.75) is 90.9 Å². The number of allylic oxidation sites excluding steroid dienone is 4. The Labute approximate surface area is 241 Å². The van der Waals surface area contributed by atoms with Crippen molar-refractivity contribution in [3.63, 3.8) is 0 Å². The molecule has 0 amide bonds. The minimum absolute atomic E-state index is 0. The summed E-state index contributed by atoms with van der Waals surface area (Å²) in [5.41, 5.74) is 3.21. The number of hydrogen-bond donors (Lipinski definition) is 0. The summed E-state index contributed by atoms with van der Waals surface area (Å²) in [4.78, 5) is 0. The van der Waals surface area contributed by atoms with Gasteiger partial charge in [-0.15, -0.1) is 46.2 Å². The number of benzene rings is 2. The van der Waals surface area contributed by atoms with E-state index >= 15 is 0 Å². The fourth-order valence-corrected chi connectivity index (χ4v) is 5.14. The Morgan fingerprint density at radius 1 is 0.743 bits per heavy atom. The molecule has 35 heavy (non-hydrogen) atoms. The molecule has 0 unspecified atom stereocenters. The molecule has 1 fully saturated rings. The summed E-state index contributed by atoms with van der Waals surface area (Å²) in [6, 6.07) is 16.2. The molecule has 0 saturated heterocycles. The van der Waals surface area contributed by atoms with Gasteiger partial charge in [0.05, 0.1) is 0 Å². The topological polar surface area (TPSA) is 0 Å². The van der Waals surface area contributed by atoms with Crippen LogP contribution in [-0.4, -0.2) is 3.21 Å². The first-order valence-electron chi connectivity index (χ1n) is 12.5. The van der Waals surface area contributed by atoms with Gasteiger partial charge in [0.2, 0.25) is 0 Å². The van der Waals surface area contributed by atoms with Crippen molar-refractivity contribution >= 4 is 24.8 Å². The maximum absolute atomic E-state index is 2.99. The van der Waals surface area contributed by atoms with E-state index in [1.807, 2.05) is 12.2 Å². The van der Waals surface area contributed by atoms with E-state index in [0.717, 1.165) is 6.42 Å². The van der Waals surface area contributed by atoms with Gasteiger partial charge in [0.15, 0.2) is 0 Å². The number of halogens is 2. The quantitative estimate of drug-likeness (QED) is 0.355. The molecular weight excluding hydrogens is 546 g/mol. The summed E-state index contributed by atoms with van der Waals surface area (Å²) >= 11 is 1.69. The van der Waals surface area contributed by atoms with Gasteiger partial charge in [-0.05, 0) is 10.8 Å². The predicted octanol–water partition coefficient (Wildman–Crippen LogP) is 3.29. The van der Waals surface area contributed by atoms with Crippen LogP contribution in [0, 0.1) is 6.08 Å². The number of rotatable bonds is 0. The summed E-state index contributed by atoms with van der Waals surface area (Å²) < 4.78 is 1.80. The zero-order valence-corrected chi connectivity index (χ0v) is 26.2. The molecule has 3 heteroatoms. The first-order chi connectivity index (χ1) is 15.6. The SMILES string of the molecule is CC(C)(C)c1ccc2c(c1)[cH-]c1cc(C(C)(C)C)ccc12.[C-]1=CC=CC1.[Cl-].[Cl-].[Zr+2]=[C]1CCCCC1. The Morgan fingerprint density at radius 2 is 1.23 bits per heavy atom. The monoisotopic (exact) mass is 584 g/mol. The normalized spacial score (nSPS) is 15.0. The van der Waals surface area contributed by atoms with E-state index in [4.69, 9.17) is 0 Å². The molecule has 0 aliphatic heterocycles. The van der Waals surface area contributed by atoms with Gasteiger partial charge in [-0.2, -0.15) is 6.08 Å².